The molecule has 2 aromatic rings. The fraction of sp³-hybridized carbons (Fsp3) is 0.350. The Morgan fingerprint density at radius 1 is 1.12 bits per heavy atom. The van der Waals surface area contributed by atoms with Crippen LogP contribution in [0.25, 0.3) is 0 Å². The summed E-state index contributed by atoms with van der Waals surface area (Å²) in [5, 5.41) is 3.62. The van der Waals surface area contributed by atoms with Crippen molar-refractivity contribution in [2.24, 2.45) is 0 Å². The molecule has 0 fully saturated rings. The Morgan fingerprint density at radius 3 is 2.28 bits per heavy atom. The van der Waals surface area contributed by atoms with Gasteiger partial charge in [-0.2, -0.15) is 0 Å². The maximum atomic E-state index is 12.2. The number of rotatable bonds is 7. The molecule has 0 aromatic heterocycles. The number of hydrogen-bond donors (Lipinski definition) is 1. The van der Waals surface area contributed by atoms with Gasteiger partial charge in [-0.25, -0.2) is 0 Å². The molecule has 1 N–H and O–H groups in total. The van der Waals surface area contributed by atoms with Gasteiger partial charge in [0.2, 0.25) is 0 Å². The predicted molar refractivity (Wildman–Crippen MR) is 101 cm³/mol. The first kappa shape index (κ1) is 19.1. The molecule has 0 heterocycles. The number of halogens is 1. The van der Waals surface area contributed by atoms with Gasteiger partial charge in [0.1, 0.15) is 11.5 Å². The first-order chi connectivity index (χ1) is 11.9. The van der Waals surface area contributed by atoms with E-state index in [0.29, 0.717) is 12.3 Å². The maximum Gasteiger partial charge on any atom is 0.260 e. The highest BCUT2D eigenvalue weighted by molar-refractivity contribution is 6.32. The summed E-state index contributed by atoms with van der Waals surface area (Å²) in [5.41, 5.74) is 3.01. The van der Waals surface area contributed by atoms with Gasteiger partial charge in [0.15, 0.2) is 6.10 Å². The summed E-state index contributed by atoms with van der Waals surface area (Å²) in [4.78, 5) is 12.2. The minimum absolute atomic E-state index is 0.140. The molecule has 134 valence electrons. The third kappa shape index (κ3) is 5.40. The molecule has 2 aromatic carbocycles. The van der Waals surface area contributed by atoms with Crippen molar-refractivity contribution in [1.29, 1.82) is 0 Å². The Balaban J connectivity index is 1.83. The molecule has 5 heteroatoms. The van der Waals surface area contributed by atoms with E-state index in [1.165, 1.54) is 0 Å². The second-order valence-electron chi connectivity index (χ2n) is 6.02. The Bertz CT molecular complexity index is 705. The van der Waals surface area contributed by atoms with Crippen molar-refractivity contribution in [3.8, 4) is 11.5 Å². The van der Waals surface area contributed by atoms with Crippen molar-refractivity contribution in [3.63, 3.8) is 0 Å². The van der Waals surface area contributed by atoms with Gasteiger partial charge in [0, 0.05) is 11.6 Å². The average Bonchev–Trinajstić information content (AvgIpc) is 2.60. The lowest BCUT2D eigenvalue weighted by molar-refractivity contribution is -0.127. The zero-order valence-corrected chi connectivity index (χ0v) is 15.8. The second-order valence-corrected chi connectivity index (χ2v) is 6.40. The number of carbonyl (C=O) groups is 1. The number of carbonyl (C=O) groups excluding carboxylic acids is 1. The molecule has 0 bridgehead atoms. The van der Waals surface area contributed by atoms with Crippen LogP contribution < -0.4 is 14.8 Å². The van der Waals surface area contributed by atoms with E-state index in [0.717, 1.165) is 33.9 Å². The van der Waals surface area contributed by atoms with Gasteiger partial charge in [-0.3, -0.25) is 4.79 Å². The number of nitrogens with one attached hydrogen (secondary N) is 1. The summed E-state index contributed by atoms with van der Waals surface area (Å²) >= 11 is 6.15. The Morgan fingerprint density at radius 2 is 1.72 bits per heavy atom. The van der Waals surface area contributed by atoms with E-state index in [9.17, 15) is 4.79 Å². The molecule has 0 spiro atoms. The van der Waals surface area contributed by atoms with Crippen LogP contribution in [-0.4, -0.2) is 25.7 Å². The molecule has 1 amide bonds. The molecule has 0 saturated carbocycles. The van der Waals surface area contributed by atoms with Crippen LogP contribution in [0, 0.1) is 13.8 Å². The third-order valence-electron chi connectivity index (χ3n) is 3.96. The first-order valence-corrected chi connectivity index (χ1v) is 8.62. The Hall–Kier alpha value is -2.20. The van der Waals surface area contributed by atoms with Gasteiger partial charge in [-0.15, -0.1) is 0 Å². The van der Waals surface area contributed by atoms with Crippen LogP contribution in [0.5, 0.6) is 11.5 Å². The predicted octanol–water partition coefficient (Wildman–Crippen LogP) is 4.09. The fourth-order valence-corrected chi connectivity index (χ4v) is 2.61. The van der Waals surface area contributed by atoms with E-state index >= 15 is 0 Å². The van der Waals surface area contributed by atoms with Crippen LogP contribution in [0.2, 0.25) is 5.02 Å². The Labute approximate surface area is 154 Å². The van der Waals surface area contributed by atoms with Crippen molar-refractivity contribution in [1.82, 2.24) is 5.32 Å². The zero-order valence-electron chi connectivity index (χ0n) is 15.1. The highest BCUT2D eigenvalue weighted by atomic mass is 35.5. The van der Waals surface area contributed by atoms with Gasteiger partial charge in [0.25, 0.3) is 5.91 Å². The lowest BCUT2D eigenvalue weighted by Crippen LogP contribution is -2.37. The summed E-state index contributed by atoms with van der Waals surface area (Å²) in [7, 11) is 1.64. The molecule has 1 atom stereocenters. The number of benzene rings is 2. The minimum atomic E-state index is -0.573. The lowest BCUT2D eigenvalue weighted by atomic mass is 10.1. The van der Waals surface area contributed by atoms with Crippen molar-refractivity contribution in [2.45, 2.75) is 33.3 Å². The van der Waals surface area contributed by atoms with Crippen molar-refractivity contribution in [2.75, 3.05) is 13.7 Å². The van der Waals surface area contributed by atoms with Gasteiger partial charge in [-0.1, -0.05) is 23.7 Å². The van der Waals surface area contributed by atoms with E-state index < -0.39 is 6.10 Å². The van der Waals surface area contributed by atoms with Gasteiger partial charge in [0.05, 0.1) is 7.11 Å². The van der Waals surface area contributed by atoms with Crippen LogP contribution in [-0.2, 0) is 11.2 Å². The first-order valence-electron chi connectivity index (χ1n) is 8.24. The SMILES string of the molecule is COc1ccc(CCNC(=O)[C@H](C)Oc2cc(C)c(Cl)c(C)c2)cc1. The van der Waals surface area contributed by atoms with Gasteiger partial charge < -0.3 is 14.8 Å². The number of amides is 1. The van der Waals surface area contributed by atoms with E-state index in [-0.39, 0.29) is 5.91 Å². The van der Waals surface area contributed by atoms with Crippen molar-refractivity contribution >= 4 is 17.5 Å². The van der Waals surface area contributed by atoms with Crippen LogP contribution in [0.3, 0.4) is 0 Å². The second kappa shape index (κ2) is 8.77. The highest BCUT2D eigenvalue weighted by Crippen LogP contribution is 2.26. The van der Waals surface area contributed by atoms with Crippen LogP contribution in [0.15, 0.2) is 36.4 Å². The molecule has 0 saturated heterocycles. The molecule has 2 rings (SSSR count). The van der Waals surface area contributed by atoms with Crippen molar-refractivity contribution in [3.05, 3.63) is 58.1 Å². The zero-order chi connectivity index (χ0) is 18.4. The number of hydrogen-bond acceptors (Lipinski definition) is 3. The molecule has 25 heavy (non-hydrogen) atoms. The molecule has 0 aliphatic rings. The van der Waals surface area contributed by atoms with E-state index in [4.69, 9.17) is 21.1 Å². The number of ether oxygens (including phenoxy) is 2. The van der Waals surface area contributed by atoms with Crippen molar-refractivity contribution < 1.29 is 14.3 Å². The summed E-state index contributed by atoms with van der Waals surface area (Å²) in [6.07, 6.45) is 0.178. The maximum absolute atomic E-state index is 12.2. The van der Waals surface area contributed by atoms with Crippen LogP contribution in [0.4, 0.5) is 0 Å². The monoisotopic (exact) mass is 361 g/mol. The smallest absolute Gasteiger partial charge is 0.260 e. The Kier molecular flexibility index (Phi) is 6.71. The molecule has 0 unspecified atom stereocenters. The standard InChI is InChI=1S/C20H24ClNO3/c1-13-11-18(12-14(2)19(13)21)25-15(3)20(23)22-10-9-16-5-7-17(24-4)8-6-16/h5-8,11-12,15H,9-10H2,1-4H3,(H,22,23)/t15-/m0/s1. The number of aryl methyl sites for hydroxylation is 2. The topological polar surface area (TPSA) is 47.6 Å². The quantitative estimate of drug-likeness (QED) is 0.807. The van der Waals surface area contributed by atoms with E-state index in [1.807, 2.05) is 50.2 Å². The van der Waals surface area contributed by atoms with Crippen LogP contribution in [0.1, 0.15) is 23.6 Å². The summed E-state index contributed by atoms with van der Waals surface area (Å²) in [6, 6.07) is 11.5. The van der Waals surface area contributed by atoms with Gasteiger partial charge in [-0.05, 0) is 68.1 Å². The van der Waals surface area contributed by atoms with E-state index in [1.54, 1.807) is 14.0 Å². The molecular formula is C20H24ClNO3. The summed E-state index contributed by atoms with van der Waals surface area (Å²) in [5.74, 6) is 1.33. The molecule has 0 aliphatic heterocycles. The van der Waals surface area contributed by atoms with E-state index in [2.05, 4.69) is 5.32 Å². The number of methoxy groups -OCH3 is 1. The normalized spacial score (nSPS) is 11.7. The summed E-state index contributed by atoms with van der Waals surface area (Å²) in [6.45, 7) is 6.13. The molecule has 0 radical (unpaired) electrons. The lowest BCUT2D eigenvalue weighted by Gasteiger charge is -2.16. The molecular weight excluding hydrogens is 338 g/mol. The summed E-state index contributed by atoms with van der Waals surface area (Å²) < 4.78 is 10.9. The molecule has 4 nitrogen and oxygen atoms in total. The van der Waals surface area contributed by atoms with Gasteiger partial charge >= 0.3 is 0 Å². The van der Waals surface area contributed by atoms with Crippen LogP contribution >= 0.6 is 11.6 Å². The minimum Gasteiger partial charge on any atom is -0.497 e. The largest absolute Gasteiger partial charge is 0.497 e. The highest BCUT2D eigenvalue weighted by Gasteiger charge is 2.15. The fourth-order valence-electron chi connectivity index (χ4n) is 2.50. The molecule has 0 aliphatic carbocycles. The third-order valence-corrected chi connectivity index (χ3v) is 4.56. The average molecular weight is 362 g/mol.